The minimum atomic E-state index is -0.110. The number of hydrogen-bond acceptors (Lipinski definition) is 4. The molecule has 3 nitrogen and oxygen atoms in total. The van der Waals surface area contributed by atoms with E-state index in [1.807, 2.05) is 11.6 Å². The van der Waals surface area contributed by atoms with Crippen molar-refractivity contribution in [1.29, 1.82) is 0 Å². The Labute approximate surface area is 211 Å². The molecule has 0 bridgehead atoms. The summed E-state index contributed by atoms with van der Waals surface area (Å²) in [6.07, 6.45) is 19.6. The Bertz CT molecular complexity index is 860. The molecule has 4 aliphatic carbocycles. The van der Waals surface area contributed by atoms with Gasteiger partial charge in [0.05, 0.1) is 0 Å². The second-order valence-corrected chi connectivity index (χ2v) is 14.2. The Balaban J connectivity index is 1.10. The molecule has 0 aromatic carbocycles. The first-order valence-electron chi connectivity index (χ1n) is 14.4. The fraction of sp³-hybridized carbons (Fsp3) is 0.833. The van der Waals surface area contributed by atoms with Crippen molar-refractivity contribution in [2.75, 3.05) is 32.0 Å². The van der Waals surface area contributed by atoms with Gasteiger partial charge in [0.1, 0.15) is 6.61 Å². The first-order chi connectivity index (χ1) is 16.5. The highest BCUT2D eigenvalue weighted by atomic mass is 32.2. The van der Waals surface area contributed by atoms with Gasteiger partial charge in [0.15, 0.2) is 0 Å². The molecule has 2 aliphatic heterocycles. The summed E-state index contributed by atoms with van der Waals surface area (Å²) >= 11 is 2.25. The summed E-state index contributed by atoms with van der Waals surface area (Å²) in [7, 11) is 0. The molecule has 6 rings (SSSR count). The summed E-state index contributed by atoms with van der Waals surface area (Å²) in [6, 6.07) is 0. The standard InChI is InChI=1S/C30H45NO2S/c1-29-12-10-23(34-17-5-16-31-14-3-4-15-31)19-22(29)6-7-24-26-9-8-25(21-18-28(32)33-20-21)30(26,2)13-11-27(24)29/h18-19,23-27H,3-17,20H2,1-2H3/t23-,24-,25+,26-,27-,29-,30+/m0/s1. The average molecular weight is 484 g/mol. The van der Waals surface area contributed by atoms with E-state index >= 15 is 0 Å². The van der Waals surface area contributed by atoms with Gasteiger partial charge in [0.25, 0.3) is 0 Å². The minimum Gasteiger partial charge on any atom is -0.458 e. The van der Waals surface area contributed by atoms with E-state index in [0.717, 1.165) is 23.0 Å². The van der Waals surface area contributed by atoms with Gasteiger partial charge in [0, 0.05) is 11.3 Å². The van der Waals surface area contributed by atoms with E-state index in [9.17, 15) is 4.79 Å². The van der Waals surface area contributed by atoms with E-state index < -0.39 is 0 Å². The predicted octanol–water partition coefficient (Wildman–Crippen LogP) is 6.64. The number of carbonyl (C=O) groups is 1. The van der Waals surface area contributed by atoms with Crippen LogP contribution in [-0.2, 0) is 9.53 Å². The van der Waals surface area contributed by atoms with Crippen molar-refractivity contribution >= 4 is 17.7 Å². The van der Waals surface area contributed by atoms with Crippen molar-refractivity contribution in [1.82, 2.24) is 4.90 Å². The van der Waals surface area contributed by atoms with Crippen LogP contribution >= 0.6 is 11.8 Å². The van der Waals surface area contributed by atoms with Crippen molar-refractivity contribution in [2.45, 2.75) is 89.7 Å². The third-order valence-electron chi connectivity index (χ3n) is 11.4. The predicted molar refractivity (Wildman–Crippen MR) is 141 cm³/mol. The van der Waals surface area contributed by atoms with E-state index in [1.54, 1.807) is 0 Å². The van der Waals surface area contributed by atoms with Crippen molar-refractivity contribution in [3.63, 3.8) is 0 Å². The molecule has 1 saturated heterocycles. The number of hydrogen-bond donors (Lipinski definition) is 0. The molecule has 0 unspecified atom stereocenters. The van der Waals surface area contributed by atoms with Gasteiger partial charge in [-0.2, -0.15) is 11.8 Å². The number of cyclic esters (lactones) is 1. The number of carbonyl (C=O) groups excluding carboxylic acids is 1. The Morgan fingerprint density at radius 3 is 2.71 bits per heavy atom. The van der Waals surface area contributed by atoms with Gasteiger partial charge < -0.3 is 9.64 Å². The molecule has 0 aromatic heterocycles. The molecule has 4 fully saturated rings. The lowest BCUT2D eigenvalue weighted by atomic mass is 9.46. The van der Waals surface area contributed by atoms with Crippen LogP contribution in [0.5, 0.6) is 0 Å². The molecule has 188 valence electrons. The molecule has 0 N–H and O–H groups in total. The van der Waals surface area contributed by atoms with Crippen LogP contribution in [0, 0.1) is 34.5 Å². The second-order valence-electron chi connectivity index (χ2n) is 12.9. The fourth-order valence-electron chi connectivity index (χ4n) is 9.56. The number of thioether (sulfide) groups is 1. The van der Waals surface area contributed by atoms with Gasteiger partial charge in [0.2, 0.25) is 0 Å². The summed E-state index contributed by atoms with van der Waals surface area (Å²) in [4.78, 5) is 14.4. The van der Waals surface area contributed by atoms with Crippen molar-refractivity contribution in [2.24, 2.45) is 34.5 Å². The zero-order valence-corrected chi connectivity index (χ0v) is 22.3. The van der Waals surface area contributed by atoms with Gasteiger partial charge in [-0.05, 0) is 136 Å². The maximum atomic E-state index is 11.8. The van der Waals surface area contributed by atoms with E-state index in [-0.39, 0.29) is 5.97 Å². The van der Waals surface area contributed by atoms with Crippen LogP contribution in [0.4, 0.5) is 0 Å². The number of allylic oxidation sites excluding steroid dienone is 1. The van der Waals surface area contributed by atoms with Crippen molar-refractivity contribution < 1.29 is 9.53 Å². The Morgan fingerprint density at radius 2 is 1.91 bits per heavy atom. The third kappa shape index (κ3) is 4.03. The van der Waals surface area contributed by atoms with Crippen LogP contribution < -0.4 is 0 Å². The van der Waals surface area contributed by atoms with Crippen LogP contribution in [0.1, 0.15) is 84.5 Å². The molecule has 0 radical (unpaired) electrons. The monoisotopic (exact) mass is 483 g/mol. The summed E-state index contributed by atoms with van der Waals surface area (Å²) in [5.74, 6) is 4.39. The fourth-order valence-corrected chi connectivity index (χ4v) is 10.7. The van der Waals surface area contributed by atoms with Crippen LogP contribution in [0.15, 0.2) is 23.3 Å². The lowest BCUT2D eigenvalue weighted by Crippen LogP contribution is -2.50. The molecule has 34 heavy (non-hydrogen) atoms. The zero-order valence-electron chi connectivity index (χ0n) is 21.5. The number of likely N-dealkylation sites (tertiary alicyclic amines) is 1. The molecule has 0 aromatic rings. The molecular weight excluding hydrogens is 438 g/mol. The molecule has 0 amide bonds. The number of ether oxygens (including phenoxy) is 1. The number of nitrogens with zero attached hydrogens (tertiary/aromatic N) is 1. The third-order valence-corrected chi connectivity index (χ3v) is 12.7. The molecule has 2 heterocycles. The summed E-state index contributed by atoms with van der Waals surface area (Å²) in [5, 5.41) is 0.759. The summed E-state index contributed by atoms with van der Waals surface area (Å²) in [6.45, 7) is 9.76. The molecule has 7 atom stereocenters. The molecule has 4 heteroatoms. The van der Waals surface area contributed by atoms with Crippen LogP contribution in [-0.4, -0.2) is 48.1 Å². The summed E-state index contributed by atoms with van der Waals surface area (Å²) in [5.41, 5.74) is 3.95. The zero-order chi connectivity index (χ0) is 23.3. The Kier molecular flexibility index (Phi) is 6.46. The maximum Gasteiger partial charge on any atom is 0.331 e. The highest BCUT2D eigenvalue weighted by Gasteiger charge is 2.59. The topological polar surface area (TPSA) is 29.5 Å². The van der Waals surface area contributed by atoms with E-state index in [0.29, 0.717) is 23.4 Å². The van der Waals surface area contributed by atoms with Crippen LogP contribution in [0.2, 0.25) is 0 Å². The number of esters is 1. The second kappa shape index (κ2) is 9.29. The number of fused-ring (bicyclic) bond motifs is 5. The average Bonchev–Trinajstić information content (AvgIpc) is 3.56. The van der Waals surface area contributed by atoms with Gasteiger partial charge in [-0.25, -0.2) is 4.79 Å². The van der Waals surface area contributed by atoms with E-state index in [2.05, 4.69) is 36.6 Å². The minimum absolute atomic E-state index is 0.110. The highest BCUT2D eigenvalue weighted by molar-refractivity contribution is 8.00. The highest BCUT2D eigenvalue weighted by Crippen LogP contribution is 2.67. The number of rotatable bonds is 6. The molecule has 6 aliphatic rings. The van der Waals surface area contributed by atoms with Gasteiger partial charge in [-0.3, -0.25) is 0 Å². The van der Waals surface area contributed by atoms with Gasteiger partial charge in [-0.15, -0.1) is 0 Å². The molecule has 0 spiro atoms. The smallest absolute Gasteiger partial charge is 0.331 e. The van der Waals surface area contributed by atoms with Crippen LogP contribution in [0.25, 0.3) is 0 Å². The molecular formula is C30H45NO2S. The molecule has 3 saturated carbocycles. The normalized spacial score (nSPS) is 44.2. The SMILES string of the molecule is C[C@]12CC[C@H]3[C@@H](CCC4=C[C@@H](SCCCN5CCCC5)CC[C@@]43C)[C@@H]1CC[C@@H]2C1=CC(=O)OC1. The van der Waals surface area contributed by atoms with Gasteiger partial charge >= 0.3 is 5.97 Å². The first-order valence-corrected chi connectivity index (χ1v) is 15.4. The Hall–Kier alpha value is -0.740. The van der Waals surface area contributed by atoms with E-state index in [4.69, 9.17) is 4.74 Å². The largest absolute Gasteiger partial charge is 0.458 e. The Morgan fingerprint density at radius 1 is 1.06 bits per heavy atom. The quantitative estimate of drug-likeness (QED) is 0.241. The van der Waals surface area contributed by atoms with Gasteiger partial charge in [-0.1, -0.05) is 25.5 Å². The summed E-state index contributed by atoms with van der Waals surface area (Å²) < 4.78 is 5.32. The lowest BCUT2D eigenvalue weighted by molar-refractivity contribution is -0.135. The first kappa shape index (κ1) is 23.6. The van der Waals surface area contributed by atoms with E-state index in [1.165, 1.54) is 102 Å². The van der Waals surface area contributed by atoms with Crippen molar-refractivity contribution in [3.8, 4) is 0 Å². The maximum absolute atomic E-state index is 11.8. The lowest BCUT2D eigenvalue weighted by Gasteiger charge is -2.58. The van der Waals surface area contributed by atoms with Crippen molar-refractivity contribution in [3.05, 3.63) is 23.3 Å². The van der Waals surface area contributed by atoms with Crippen LogP contribution in [0.3, 0.4) is 0 Å².